The Labute approximate surface area is 115 Å². The Morgan fingerprint density at radius 3 is 2.58 bits per heavy atom. The van der Waals surface area contributed by atoms with Gasteiger partial charge in [0.25, 0.3) is 0 Å². The number of hydrogen-bond donors (Lipinski definition) is 0. The number of Topliss-reactive ketones (excluding diaryl/α,β-unsaturated/α-hetero) is 1. The van der Waals surface area contributed by atoms with Gasteiger partial charge in [-0.15, -0.1) is 0 Å². The number of fused-ring (bicyclic) bond motifs is 3. The third-order valence-electron chi connectivity index (χ3n) is 5.87. The lowest BCUT2D eigenvalue weighted by Gasteiger charge is -2.41. The first-order valence-corrected chi connectivity index (χ1v) is 7.83. The number of carbonyl (C=O) groups excluding carboxylic acids is 1. The molecule has 2 saturated carbocycles. The molecule has 106 valence electrons. The number of piperidine rings is 1. The van der Waals surface area contributed by atoms with Crippen LogP contribution < -0.4 is 0 Å². The van der Waals surface area contributed by atoms with E-state index in [1.807, 2.05) is 0 Å². The van der Waals surface area contributed by atoms with Gasteiger partial charge in [0.1, 0.15) is 5.78 Å². The van der Waals surface area contributed by atoms with Crippen LogP contribution in [0, 0.1) is 10.8 Å². The van der Waals surface area contributed by atoms with Gasteiger partial charge in [-0.2, -0.15) is 0 Å². The Kier molecular flexibility index (Phi) is 2.23. The number of rotatable bonds is 1. The maximum atomic E-state index is 12.6. The molecular formula is C16H25NO2. The zero-order chi connectivity index (χ0) is 13.5. The molecule has 0 aromatic carbocycles. The van der Waals surface area contributed by atoms with Gasteiger partial charge in [0.2, 0.25) is 0 Å². The Morgan fingerprint density at radius 1 is 1.26 bits per heavy atom. The highest BCUT2D eigenvalue weighted by atomic mass is 16.5. The highest BCUT2D eigenvalue weighted by molar-refractivity contribution is 5.92. The molecule has 19 heavy (non-hydrogen) atoms. The first kappa shape index (κ1) is 12.3. The van der Waals surface area contributed by atoms with Crippen molar-refractivity contribution in [3.05, 3.63) is 0 Å². The van der Waals surface area contributed by atoms with Gasteiger partial charge in [-0.25, -0.2) is 0 Å². The summed E-state index contributed by atoms with van der Waals surface area (Å²) in [5, 5.41) is 0. The summed E-state index contributed by atoms with van der Waals surface area (Å²) in [6.07, 6.45) is 5.87. The highest BCUT2D eigenvalue weighted by Crippen LogP contribution is 2.82. The number of hydrogen-bond acceptors (Lipinski definition) is 3. The van der Waals surface area contributed by atoms with Crippen molar-refractivity contribution in [2.45, 2.75) is 70.6 Å². The third kappa shape index (κ3) is 1.55. The molecule has 0 bridgehead atoms. The second-order valence-electron chi connectivity index (χ2n) is 8.14. The molecule has 2 aliphatic heterocycles. The van der Waals surface area contributed by atoms with E-state index < -0.39 is 0 Å². The van der Waals surface area contributed by atoms with Crippen LogP contribution >= 0.6 is 0 Å². The van der Waals surface area contributed by atoms with Gasteiger partial charge >= 0.3 is 0 Å². The third-order valence-corrected chi connectivity index (χ3v) is 5.87. The molecule has 3 nitrogen and oxygen atoms in total. The number of ether oxygens (including phenoxy) is 1. The average Bonchev–Trinajstić information content (AvgIpc) is 3.16. The zero-order valence-electron chi connectivity index (χ0n) is 12.4. The molecule has 2 saturated heterocycles. The molecular weight excluding hydrogens is 238 g/mol. The van der Waals surface area contributed by atoms with Crippen molar-refractivity contribution < 1.29 is 9.53 Å². The molecule has 4 aliphatic rings. The van der Waals surface area contributed by atoms with Crippen LogP contribution in [0.1, 0.15) is 52.9 Å². The van der Waals surface area contributed by atoms with Crippen LogP contribution in [0.2, 0.25) is 0 Å². The quantitative estimate of drug-likeness (QED) is 0.727. The molecule has 0 amide bonds. The van der Waals surface area contributed by atoms with Gasteiger partial charge in [0.05, 0.1) is 17.1 Å². The lowest BCUT2D eigenvalue weighted by atomic mass is 9.80. The highest BCUT2D eigenvalue weighted by Gasteiger charge is 2.82. The summed E-state index contributed by atoms with van der Waals surface area (Å²) in [5.74, 6) is 0.552. The molecule has 3 atom stereocenters. The largest absolute Gasteiger partial charge is 0.371 e. The predicted molar refractivity (Wildman–Crippen MR) is 72.9 cm³/mol. The van der Waals surface area contributed by atoms with Crippen LogP contribution in [-0.2, 0) is 9.53 Å². The van der Waals surface area contributed by atoms with E-state index in [9.17, 15) is 4.79 Å². The van der Waals surface area contributed by atoms with Gasteiger partial charge in [-0.05, 0) is 51.9 Å². The van der Waals surface area contributed by atoms with E-state index in [1.165, 1.54) is 12.8 Å². The van der Waals surface area contributed by atoms with Crippen LogP contribution in [0.25, 0.3) is 0 Å². The van der Waals surface area contributed by atoms with Crippen molar-refractivity contribution in [2.75, 3.05) is 13.1 Å². The Bertz CT molecular complexity index is 435. The van der Waals surface area contributed by atoms with E-state index in [0.717, 1.165) is 32.4 Å². The number of nitrogens with zero attached hydrogens (tertiary/aromatic N) is 1. The summed E-state index contributed by atoms with van der Waals surface area (Å²) in [6.45, 7) is 8.48. The minimum absolute atomic E-state index is 0.00231. The molecule has 2 spiro atoms. The first-order chi connectivity index (χ1) is 8.88. The minimum Gasteiger partial charge on any atom is -0.371 e. The monoisotopic (exact) mass is 263 g/mol. The Hall–Kier alpha value is -0.410. The molecule has 2 heterocycles. The number of carbonyl (C=O) groups is 1. The van der Waals surface area contributed by atoms with Crippen molar-refractivity contribution >= 4 is 5.78 Å². The van der Waals surface area contributed by atoms with Crippen molar-refractivity contribution in [1.82, 2.24) is 4.90 Å². The molecule has 0 aromatic rings. The predicted octanol–water partition coefficient (Wildman–Crippen LogP) is 2.39. The van der Waals surface area contributed by atoms with E-state index in [4.69, 9.17) is 4.74 Å². The van der Waals surface area contributed by atoms with E-state index >= 15 is 0 Å². The smallest absolute Gasteiger partial charge is 0.142 e. The van der Waals surface area contributed by atoms with Crippen LogP contribution in [0.15, 0.2) is 0 Å². The fourth-order valence-corrected chi connectivity index (χ4v) is 4.99. The van der Waals surface area contributed by atoms with Crippen molar-refractivity contribution in [1.29, 1.82) is 0 Å². The normalized spacial score (nSPS) is 43.8. The van der Waals surface area contributed by atoms with E-state index in [2.05, 4.69) is 25.7 Å². The molecule has 4 rings (SSSR count). The van der Waals surface area contributed by atoms with E-state index in [1.54, 1.807) is 0 Å². The first-order valence-electron chi connectivity index (χ1n) is 7.83. The van der Waals surface area contributed by atoms with Gasteiger partial charge in [0, 0.05) is 25.6 Å². The van der Waals surface area contributed by atoms with Gasteiger partial charge < -0.3 is 4.74 Å². The van der Waals surface area contributed by atoms with E-state index in [0.29, 0.717) is 17.2 Å². The summed E-state index contributed by atoms with van der Waals surface area (Å²) < 4.78 is 6.32. The van der Waals surface area contributed by atoms with Crippen molar-refractivity contribution in [3.63, 3.8) is 0 Å². The van der Waals surface area contributed by atoms with Gasteiger partial charge in [-0.1, -0.05) is 0 Å². The fraction of sp³-hybridized carbons (Fsp3) is 0.938. The van der Waals surface area contributed by atoms with Crippen molar-refractivity contribution in [3.8, 4) is 0 Å². The second kappa shape index (κ2) is 3.43. The Balaban J connectivity index is 1.65. The minimum atomic E-state index is -0.103. The van der Waals surface area contributed by atoms with Crippen molar-refractivity contribution in [2.24, 2.45) is 10.8 Å². The summed E-state index contributed by atoms with van der Waals surface area (Å²) in [4.78, 5) is 15.2. The molecule has 4 fully saturated rings. The molecule has 0 unspecified atom stereocenters. The standard InChI is InChI=1S/C16H25NO2/c1-14(2,3)19-11-4-8-17-9-5-12(18)16(13(11)17)10-15(16)6-7-15/h11,13H,4-10H2,1-3H3/t11-,13-,16+/m0/s1. The molecule has 2 aliphatic carbocycles. The van der Waals surface area contributed by atoms with E-state index in [-0.39, 0.29) is 17.1 Å². The molecule has 0 aromatic heterocycles. The number of ketones is 1. The lowest BCUT2D eigenvalue weighted by molar-refractivity contribution is -0.139. The van der Waals surface area contributed by atoms with Crippen LogP contribution in [-0.4, -0.2) is 41.5 Å². The Morgan fingerprint density at radius 2 is 2.00 bits per heavy atom. The zero-order valence-corrected chi connectivity index (χ0v) is 12.4. The maximum absolute atomic E-state index is 12.6. The lowest BCUT2D eigenvalue weighted by Crippen LogP contribution is -2.54. The summed E-state index contributed by atoms with van der Waals surface area (Å²) in [7, 11) is 0. The summed E-state index contributed by atoms with van der Waals surface area (Å²) in [6, 6.07) is 0.385. The maximum Gasteiger partial charge on any atom is 0.142 e. The average molecular weight is 263 g/mol. The van der Waals surface area contributed by atoms with Gasteiger partial charge in [0.15, 0.2) is 0 Å². The molecule has 3 heteroatoms. The van der Waals surface area contributed by atoms with Crippen LogP contribution in [0.4, 0.5) is 0 Å². The fourth-order valence-electron chi connectivity index (χ4n) is 4.99. The van der Waals surface area contributed by atoms with Crippen LogP contribution in [0.5, 0.6) is 0 Å². The topological polar surface area (TPSA) is 29.5 Å². The van der Waals surface area contributed by atoms with Gasteiger partial charge in [-0.3, -0.25) is 9.69 Å². The van der Waals surface area contributed by atoms with Crippen LogP contribution in [0.3, 0.4) is 0 Å². The second-order valence-corrected chi connectivity index (χ2v) is 8.14. The summed E-state index contributed by atoms with van der Waals surface area (Å²) in [5.41, 5.74) is 0.308. The summed E-state index contributed by atoms with van der Waals surface area (Å²) >= 11 is 0. The molecule has 0 N–H and O–H groups in total. The SMILES string of the molecule is CC(C)(C)O[C@H]1CCN2CCC(=O)[C@]3(CC34CC4)[C@H]12. The molecule has 0 radical (unpaired) electrons.